The molecule has 1 fully saturated rings. The fourth-order valence-electron chi connectivity index (χ4n) is 2.61. The van der Waals surface area contributed by atoms with Gasteiger partial charge in [0.2, 0.25) is 0 Å². The van der Waals surface area contributed by atoms with Gasteiger partial charge in [-0.2, -0.15) is 0 Å². The highest BCUT2D eigenvalue weighted by Gasteiger charge is 2.23. The first kappa shape index (κ1) is 18.8. The second kappa shape index (κ2) is 8.41. The minimum Gasteiger partial charge on any atom is -0.493 e. The van der Waals surface area contributed by atoms with Crippen molar-refractivity contribution in [2.24, 2.45) is 0 Å². The maximum absolute atomic E-state index is 5.43. The number of benzene rings is 1. The number of piperazine rings is 1. The summed E-state index contributed by atoms with van der Waals surface area (Å²) in [7, 11) is 3.37. The Morgan fingerprint density at radius 2 is 2.00 bits per heavy atom. The Morgan fingerprint density at radius 1 is 1.29 bits per heavy atom. The second-order valence-electron chi connectivity index (χ2n) is 5.40. The summed E-state index contributed by atoms with van der Waals surface area (Å²) in [5.41, 5.74) is 1.27. The lowest BCUT2D eigenvalue weighted by atomic mass is 10.1. The Kier molecular flexibility index (Phi) is 7.53. The summed E-state index contributed by atoms with van der Waals surface area (Å²) in [4.78, 5) is 2.51. The highest BCUT2D eigenvalue weighted by Crippen LogP contribution is 2.34. The lowest BCUT2D eigenvalue weighted by molar-refractivity contribution is 0.138. The van der Waals surface area contributed by atoms with Crippen molar-refractivity contribution < 1.29 is 9.47 Å². The minimum absolute atomic E-state index is 0. The highest BCUT2D eigenvalue weighted by molar-refractivity contribution is 14.1. The first-order valence-corrected chi connectivity index (χ1v) is 8.00. The molecular formula is C15H24ClIN2O2. The van der Waals surface area contributed by atoms with E-state index < -0.39 is 0 Å². The summed E-state index contributed by atoms with van der Waals surface area (Å²) in [5, 5.41) is 3.51. The number of nitrogens with one attached hydrogen (secondary N) is 1. The molecule has 1 heterocycles. The zero-order valence-electron chi connectivity index (χ0n) is 13.0. The van der Waals surface area contributed by atoms with Crippen LogP contribution in [0.2, 0.25) is 0 Å². The number of rotatable bonds is 4. The molecule has 6 heteroatoms. The van der Waals surface area contributed by atoms with Crippen molar-refractivity contribution in [3.8, 4) is 11.5 Å². The van der Waals surface area contributed by atoms with Gasteiger partial charge >= 0.3 is 0 Å². The van der Waals surface area contributed by atoms with Crippen molar-refractivity contribution in [1.82, 2.24) is 10.2 Å². The van der Waals surface area contributed by atoms with Gasteiger partial charge in [-0.25, -0.2) is 0 Å². The molecule has 1 aliphatic rings. The lowest BCUT2D eigenvalue weighted by Crippen LogP contribution is -2.53. The molecule has 2 rings (SSSR count). The van der Waals surface area contributed by atoms with E-state index in [1.54, 1.807) is 14.2 Å². The van der Waals surface area contributed by atoms with Gasteiger partial charge in [0, 0.05) is 31.7 Å². The first-order valence-electron chi connectivity index (χ1n) is 6.93. The monoisotopic (exact) mass is 426 g/mol. The van der Waals surface area contributed by atoms with E-state index in [9.17, 15) is 0 Å². The average molecular weight is 427 g/mol. The molecule has 1 aromatic rings. The molecule has 2 atom stereocenters. The van der Waals surface area contributed by atoms with Gasteiger partial charge in [-0.05, 0) is 54.1 Å². The molecule has 120 valence electrons. The van der Waals surface area contributed by atoms with Gasteiger partial charge < -0.3 is 14.8 Å². The van der Waals surface area contributed by atoms with Crippen molar-refractivity contribution in [3.63, 3.8) is 0 Å². The third kappa shape index (κ3) is 4.61. The second-order valence-corrected chi connectivity index (χ2v) is 6.56. The normalized spacial score (nSPS) is 22.5. The quantitative estimate of drug-likeness (QED) is 0.751. The van der Waals surface area contributed by atoms with Crippen LogP contribution in [0.5, 0.6) is 11.5 Å². The maximum Gasteiger partial charge on any atom is 0.174 e. The predicted molar refractivity (Wildman–Crippen MR) is 96.8 cm³/mol. The molecule has 2 unspecified atom stereocenters. The van der Waals surface area contributed by atoms with Crippen molar-refractivity contribution in [2.45, 2.75) is 32.5 Å². The summed E-state index contributed by atoms with van der Waals surface area (Å²) in [5.74, 6) is 1.63. The highest BCUT2D eigenvalue weighted by atomic mass is 127. The van der Waals surface area contributed by atoms with E-state index in [0.717, 1.165) is 34.7 Å². The van der Waals surface area contributed by atoms with Crippen LogP contribution in [-0.2, 0) is 6.54 Å². The fraction of sp³-hybridized carbons (Fsp3) is 0.600. The van der Waals surface area contributed by atoms with Gasteiger partial charge in [-0.1, -0.05) is 0 Å². The Morgan fingerprint density at radius 3 is 2.62 bits per heavy atom. The molecule has 0 bridgehead atoms. The summed E-state index contributed by atoms with van der Waals surface area (Å²) < 4.78 is 11.9. The van der Waals surface area contributed by atoms with E-state index in [-0.39, 0.29) is 12.4 Å². The molecule has 21 heavy (non-hydrogen) atoms. The zero-order valence-corrected chi connectivity index (χ0v) is 16.0. The summed E-state index contributed by atoms with van der Waals surface area (Å²) in [6.07, 6.45) is 0. The fourth-order valence-corrected chi connectivity index (χ4v) is 3.50. The van der Waals surface area contributed by atoms with Gasteiger partial charge in [0.05, 0.1) is 17.8 Å². The number of hydrogen-bond acceptors (Lipinski definition) is 4. The van der Waals surface area contributed by atoms with Crippen LogP contribution < -0.4 is 14.8 Å². The van der Waals surface area contributed by atoms with Crippen molar-refractivity contribution in [1.29, 1.82) is 0 Å². The lowest BCUT2D eigenvalue weighted by Gasteiger charge is -2.37. The van der Waals surface area contributed by atoms with Crippen LogP contribution in [-0.4, -0.2) is 44.3 Å². The molecule has 1 aliphatic heterocycles. The number of methoxy groups -OCH3 is 2. The molecule has 0 radical (unpaired) electrons. The van der Waals surface area contributed by atoms with Crippen LogP contribution in [0.3, 0.4) is 0 Å². The van der Waals surface area contributed by atoms with Gasteiger partial charge in [-0.15, -0.1) is 12.4 Å². The molecule has 0 amide bonds. The van der Waals surface area contributed by atoms with Crippen molar-refractivity contribution >= 4 is 35.0 Å². The molecule has 0 spiro atoms. The molecule has 0 saturated carbocycles. The van der Waals surface area contributed by atoms with Crippen LogP contribution in [0.4, 0.5) is 0 Å². The summed E-state index contributed by atoms with van der Waals surface area (Å²) in [6.45, 7) is 7.57. The largest absolute Gasteiger partial charge is 0.493 e. The van der Waals surface area contributed by atoms with Gasteiger partial charge in [0.25, 0.3) is 0 Å². The number of ether oxygens (including phenoxy) is 2. The van der Waals surface area contributed by atoms with Crippen LogP contribution in [0.1, 0.15) is 19.4 Å². The Hall–Kier alpha value is -0.240. The van der Waals surface area contributed by atoms with E-state index in [4.69, 9.17) is 9.47 Å². The smallest absolute Gasteiger partial charge is 0.174 e. The standard InChI is InChI=1S/C15H23IN2O2.ClH/c1-10-8-18(11(2)7-17-10)9-12-5-13(16)15(20-4)14(6-12)19-3;/h5-6,10-11,17H,7-9H2,1-4H3;1H. The summed E-state index contributed by atoms with van der Waals surface area (Å²) >= 11 is 2.30. The van der Waals surface area contributed by atoms with E-state index in [0.29, 0.717) is 12.1 Å². The van der Waals surface area contributed by atoms with E-state index in [1.807, 2.05) is 0 Å². The van der Waals surface area contributed by atoms with Crippen LogP contribution in [0.25, 0.3) is 0 Å². The van der Waals surface area contributed by atoms with E-state index in [2.05, 4.69) is 58.8 Å². The maximum atomic E-state index is 5.43. The van der Waals surface area contributed by atoms with Crippen molar-refractivity contribution in [3.05, 3.63) is 21.3 Å². The Labute approximate surface area is 147 Å². The number of halogens is 2. The molecule has 1 saturated heterocycles. The van der Waals surface area contributed by atoms with Crippen LogP contribution in [0, 0.1) is 3.57 Å². The van der Waals surface area contributed by atoms with Gasteiger partial charge in [-0.3, -0.25) is 4.90 Å². The van der Waals surface area contributed by atoms with E-state index >= 15 is 0 Å². The topological polar surface area (TPSA) is 33.7 Å². The molecule has 1 N–H and O–H groups in total. The Balaban J connectivity index is 0.00000220. The average Bonchev–Trinajstić information content (AvgIpc) is 2.42. The van der Waals surface area contributed by atoms with E-state index in [1.165, 1.54) is 5.56 Å². The predicted octanol–water partition coefficient (Wildman–Crippen LogP) is 2.91. The molecular weight excluding hydrogens is 403 g/mol. The SMILES string of the molecule is COc1cc(CN2CC(C)NCC2C)cc(I)c1OC.Cl. The molecule has 1 aromatic carbocycles. The third-order valence-corrected chi connectivity index (χ3v) is 4.57. The number of nitrogens with zero attached hydrogens (tertiary/aromatic N) is 1. The minimum atomic E-state index is 0. The molecule has 0 aromatic heterocycles. The number of hydrogen-bond donors (Lipinski definition) is 1. The Bertz CT molecular complexity index is 473. The van der Waals surface area contributed by atoms with Gasteiger partial charge in [0.1, 0.15) is 0 Å². The summed E-state index contributed by atoms with van der Waals surface area (Å²) in [6, 6.07) is 5.37. The van der Waals surface area contributed by atoms with Crippen LogP contribution in [0.15, 0.2) is 12.1 Å². The zero-order chi connectivity index (χ0) is 14.7. The van der Waals surface area contributed by atoms with Crippen molar-refractivity contribution in [2.75, 3.05) is 27.3 Å². The third-order valence-electron chi connectivity index (χ3n) is 3.77. The molecule has 0 aliphatic carbocycles. The molecule has 4 nitrogen and oxygen atoms in total. The first-order chi connectivity index (χ1) is 9.55. The van der Waals surface area contributed by atoms with Crippen LogP contribution >= 0.6 is 35.0 Å². The van der Waals surface area contributed by atoms with Gasteiger partial charge in [0.15, 0.2) is 11.5 Å².